The molecule has 2 aromatic carbocycles. The zero-order chi connectivity index (χ0) is 17.8. The number of benzene rings is 2. The molecule has 3 rings (SSSR count). The molecule has 3 aromatic rings. The van der Waals surface area contributed by atoms with Gasteiger partial charge in [0.1, 0.15) is 5.75 Å². The number of anilines is 1. The van der Waals surface area contributed by atoms with Crippen LogP contribution in [0, 0.1) is 0 Å². The second kappa shape index (κ2) is 7.31. The van der Waals surface area contributed by atoms with Crippen LogP contribution < -0.4 is 10.1 Å². The van der Waals surface area contributed by atoms with Crippen molar-refractivity contribution in [3.05, 3.63) is 53.6 Å². The van der Waals surface area contributed by atoms with Crippen LogP contribution in [0.3, 0.4) is 0 Å². The van der Waals surface area contributed by atoms with E-state index in [2.05, 4.69) is 10.3 Å². The van der Waals surface area contributed by atoms with Crippen molar-refractivity contribution in [1.82, 2.24) is 4.98 Å². The number of fused-ring (bicyclic) bond motifs is 1. The van der Waals surface area contributed by atoms with E-state index in [1.165, 1.54) is 11.3 Å². The number of nitrogens with one attached hydrogen (secondary N) is 1. The Labute approximate surface area is 148 Å². The molecule has 1 heterocycles. The highest BCUT2D eigenvalue weighted by Gasteiger charge is 2.13. The fourth-order valence-corrected chi connectivity index (χ4v) is 3.13. The highest BCUT2D eigenvalue weighted by Crippen LogP contribution is 2.27. The van der Waals surface area contributed by atoms with Gasteiger partial charge in [-0.05, 0) is 49.4 Å². The predicted octanol–water partition coefficient (Wildman–Crippen LogP) is 3.73. The van der Waals surface area contributed by atoms with Gasteiger partial charge in [0, 0.05) is 5.56 Å². The molecule has 25 heavy (non-hydrogen) atoms. The third-order valence-electron chi connectivity index (χ3n) is 3.47. The minimum atomic E-state index is -0.374. The summed E-state index contributed by atoms with van der Waals surface area (Å²) in [5.74, 6) is 0.0528. The molecule has 1 N–H and O–H groups in total. The van der Waals surface area contributed by atoms with Crippen molar-refractivity contribution in [2.24, 2.45) is 0 Å². The maximum absolute atomic E-state index is 12.3. The van der Waals surface area contributed by atoms with E-state index in [9.17, 15) is 9.59 Å². The van der Waals surface area contributed by atoms with Crippen molar-refractivity contribution in [2.75, 3.05) is 19.0 Å². The van der Waals surface area contributed by atoms with Gasteiger partial charge in [-0.15, -0.1) is 0 Å². The van der Waals surface area contributed by atoms with E-state index in [0.717, 1.165) is 4.70 Å². The summed E-state index contributed by atoms with van der Waals surface area (Å²) in [4.78, 5) is 28.5. The summed E-state index contributed by atoms with van der Waals surface area (Å²) in [6.45, 7) is 2.08. The summed E-state index contributed by atoms with van der Waals surface area (Å²) in [5.41, 5.74) is 1.68. The Balaban J connectivity index is 1.79. The SMILES string of the molecule is CCOC(=O)c1ccc2nc(NC(=O)c3ccc(OC)cc3)sc2c1. The third-order valence-corrected chi connectivity index (χ3v) is 4.41. The van der Waals surface area contributed by atoms with Gasteiger partial charge in [0.2, 0.25) is 0 Å². The summed E-state index contributed by atoms with van der Waals surface area (Å²) in [6, 6.07) is 11.9. The molecule has 0 unspecified atom stereocenters. The van der Waals surface area contributed by atoms with Gasteiger partial charge < -0.3 is 9.47 Å². The fourth-order valence-electron chi connectivity index (χ4n) is 2.23. The summed E-state index contributed by atoms with van der Waals surface area (Å²) >= 11 is 1.30. The standard InChI is InChI=1S/C18H16N2O4S/c1-3-24-17(22)12-6-9-14-15(10-12)25-18(19-14)20-16(21)11-4-7-13(23-2)8-5-11/h4-10H,3H2,1-2H3,(H,19,20,21). The Morgan fingerprint density at radius 3 is 2.52 bits per heavy atom. The van der Waals surface area contributed by atoms with Crippen molar-refractivity contribution in [2.45, 2.75) is 6.92 Å². The molecule has 0 bridgehead atoms. The van der Waals surface area contributed by atoms with E-state index < -0.39 is 0 Å². The van der Waals surface area contributed by atoms with Crippen LogP contribution in [-0.4, -0.2) is 30.6 Å². The Morgan fingerprint density at radius 2 is 1.84 bits per heavy atom. The Morgan fingerprint density at radius 1 is 1.12 bits per heavy atom. The van der Waals surface area contributed by atoms with Gasteiger partial charge in [0.05, 0.1) is 29.5 Å². The first-order chi connectivity index (χ1) is 12.1. The number of esters is 1. The van der Waals surface area contributed by atoms with E-state index in [1.54, 1.807) is 56.5 Å². The van der Waals surface area contributed by atoms with Crippen molar-refractivity contribution >= 4 is 38.6 Å². The van der Waals surface area contributed by atoms with Crippen LogP contribution in [0.5, 0.6) is 5.75 Å². The van der Waals surface area contributed by atoms with Crippen LogP contribution in [0.4, 0.5) is 5.13 Å². The second-order valence-corrected chi connectivity index (χ2v) is 6.14. The molecular weight excluding hydrogens is 340 g/mol. The monoisotopic (exact) mass is 356 g/mol. The number of hydrogen-bond acceptors (Lipinski definition) is 6. The lowest BCUT2D eigenvalue weighted by Crippen LogP contribution is -2.11. The number of aromatic nitrogens is 1. The van der Waals surface area contributed by atoms with Gasteiger partial charge in [-0.2, -0.15) is 0 Å². The summed E-state index contributed by atoms with van der Waals surface area (Å²) in [5, 5.41) is 3.24. The van der Waals surface area contributed by atoms with Crippen LogP contribution in [0.1, 0.15) is 27.6 Å². The van der Waals surface area contributed by atoms with Crippen LogP contribution in [0.25, 0.3) is 10.2 Å². The van der Waals surface area contributed by atoms with Gasteiger partial charge in [-0.3, -0.25) is 10.1 Å². The second-order valence-electron chi connectivity index (χ2n) is 5.10. The Hall–Kier alpha value is -2.93. The molecule has 0 saturated heterocycles. The summed E-state index contributed by atoms with van der Waals surface area (Å²) < 4.78 is 10.9. The minimum absolute atomic E-state index is 0.257. The molecule has 7 heteroatoms. The van der Waals surface area contributed by atoms with Crippen molar-refractivity contribution in [3.63, 3.8) is 0 Å². The molecule has 0 fully saturated rings. The van der Waals surface area contributed by atoms with Crippen LogP contribution in [0.15, 0.2) is 42.5 Å². The van der Waals surface area contributed by atoms with Gasteiger partial charge in [-0.25, -0.2) is 9.78 Å². The van der Waals surface area contributed by atoms with Gasteiger partial charge in [-0.1, -0.05) is 11.3 Å². The molecule has 0 saturated carbocycles. The molecule has 0 atom stereocenters. The zero-order valence-corrected chi connectivity index (χ0v) is 14.6. The van der Waals surface area contributed by atoms with E-state index in [0.29, 0.717) is 34.1 Å². The molecule has 6 nitrogen and oxygen atoms in total. The molecule has 0 radical (unpaired) electrons. The third kappa shape index (κ3) is 3.77. The number of nitrogens with zero attached hydrogens (tertiary/aromatic N) is 1. The summed E-state index contributed by atoms with van der Waals surface area (Å²) in [7, 11) is 1.57. The molecule has 0 aliphatic rings. The van der Waals surface area contributed by atoms with Gasteiger partial charge >= 0.3 is 5.97 Å². The number of methoxy groups -OCH3 is 1. The van der Waals surface area contributed by atoms with E-state index in [1.807, 2.05) is 0 Å². The number of carbonyl (C=O) groups excluding carboxylic acids is 2. The van der Waals surface area contributed by atoms with Crippen LogP contribution >= 0.6 is 11.3 Å². The Kier molecular flexibility index (Phi) is 4.95. The lowest BCUT2D eigenvalue weighted by Gasteiger charge is -2.03. The van der Waals surface area contributed by atoms with Crippen molar-refractivity contribution in [3.8, 4) is 5.75 Å². The summed E-state index contributed by atoms with van der Waals surface area (Å²) in [6.07, 6.45) is 0. The lowest BCUT2D eigenvalue weighted by atomic mass is 10.2. The first kappa shape index (κ1) is 16.9. The topological polar surface area (TPSA) is 77.5 Å². The first-order valence-electron chi connectivity index (χ1n) is 7.64. The van der Waals surface area contributed by atoms with Gasteiger partial charge in [0.15, 0.2) is 5.13 Å². The molecule has 1 amide bonds. The highest BCUT2D eigenvalue weighted by molar-refractivity contribution is 7.22. The maximum atomic E-state index is 12.3. The molecule has 0 aliphatic heterocycles. The fraction of sp³-hybridized carbons (Fsp3) is 0.167. The van der Waals surface area contributed by atoms with E-state index >= 15 is 0 Å². The first-order valence-corrected chi connectivity index (χ1v) is 8.45. The van der Waals surface area contributed by atoms with E-state index in [-0.39, 0.29) is 11.9 Å². The number of ether oxygens (including phenoxy) is 2. The minimum Gasteiger partial charge on any atom is -0.497 e. The number of thiazole rings is 1. The Bertz CT molecular complexity index is 918. The normalized spacial score (nSPS) is 10.5. The maximum Gasteiger partial charge on any atom is 0.338 e. The lowest BCUT2D eigenvalue weighted by molar-refractivity contribution is 0.0526. The number of hydrogen-bond donors (Lipinski definition) is 1. The smallest absolute Gasteiger partial charge is 0.338 e. The average molecular weight is 356 g/mol. The number of amides is 1. The average Bonchev–Trinajstić information content (AvgIpc) is 3.03. The van der Waals surface area contributed by atoms with Crippen molar-refractivity contribution < 1.29 is 19.1 Å². The van der Waals surface area contributed by atoms with Crippen LogP contribution in [-0.2, 0) is 4.74 Å². The van der Waals surface area contributed by atoms with E-state index in [4.69, 9.17) is 9.47 Å². The molecule has 128 valence electrons. The zero-order valence-electron chi connectivity index (χ0n) is 13.7. The highest BCUT2D eigenvalue weighted by atomic mass is 32.1. The van der Waals surface area contributed by atoms with Gasteiger partial charge in [0.25, 0.3) is 5.91 Å². The predicted molar refractivity (Wildman–Crippen MR) is 96.5 cm³/mol. The number of carbonyl (C=O) groups is 2. The molecule has 1 aromatic heterocycles. The quantitative estimate of drug-likeness (QED) is 0.705. The largest absolute Gasteiger partial charge is 0.497 e. The molecule has 0 aliphatic carbocycles. The van der Waals surface area contributed by atoms with Crippen LogP contribution in [0.2, 0.25) is 0 Å². The number of rotatable bonds is 5. The molecular formula is C18H16N2O4S. The van der Waals surface area contributed by atoms with Crippen molar-refractivity contribution in [1.29, 1.82) is 0 Å². The molecule has 0 spiro atoms.